The summed E-state index contributed by atoms with van der Waals surface area (Å²) in [6.07, 6.45) is 1.37. The van der Waals surface area contributed by atoms with Crippen molar-refractivity contribution < 1.29 is 14.7 Å². The number of halogens is 1. The first-order chi connectivity index (χ1) is 12.2. The first kappa shape index (κ1) is 17.5. The van der Waals surface area contributed by atoms with Crippen LogP contribution in [0.5, 0.6) is 11.5 Å². The van der Waals surface area contributed by atoms with E-state index in [9.17, 15) is 0 Å². The van der Waals surface area contributed by atoms with Gasteiger partial charge in [-0.2, -0.15) is 0 Å². The van der Waals surface area contributed by atoms with Gasteiger partial charge in [0.25, 0.3) is 0 Å². The average Bonchev–Trinajstić information content (AvgIpc) is 2.61. The van der Waals surface area contributed by atoms with Crippen molar-refractivity contribution in [3.8, 4) is 11.5 Å². The molecule has 0 spiro atoms. The highest BCUT2D eigenvalue weighted by atomic mass is 127. The normalized spacial score (nSPS) is 11.1. The van der Waals surface area contributed by atoms with Gasteiger partial charge < -0.3 is 14.7 Å². The van der Waals surface area contributed by atoms with Gasteiger partial charge in [0.2, 0.25) is 0 Å². The first-order valence-electron chi connectivity index (χ1n) is 7.95. The molecule has 3 aromatic carbocycles. The van der Waals surface area contributed by atoms with Crippen LogP contribution in [0.15, 0.2) is 59.8 Å². The number of nitrogens with zero attached hydrogens (tertiary/aromatic N) is 1. The number of ether oxygens (including phenoxy) is 2. The Labute approximate surface area is 160 Å². The Balaban J connectivity index is 1.85. The molecular weight excluding hydrogens is 429 g/mol. The number of rotatable bonds is 6. The van der Waals surface area contributed by atoms with Gasteiger partial charge in [-0.3, -0.25) is 0 Å². The molecule has 3 rings (SSSR count). The Hall–Kier alpha value is -2.28. The monoisotopic (exact) mass is 447 g/mol. The van der Waals surface area contributed by atoms with Crippen molar-refractivity contribution in [1.29, 1.82) is 0 Å². The van der Waals surface area contributed by atoms with Gasteiger partial charge in [0, 0.05) is 5.56 Å². The van der Waals surface area contributed by atoms with E-state index in [1.807, 2.05) is 25.1 Å². The van der Waals surface area contributed by atoms with E-state index < -0.39 is 0 Å². The molecule has 0 atom stereocenters. The van der Waals surface area contributed by atoms with Crippen LogP contribution in [0.1, 0.15) is 18.1 Å². The summed E-state index contributed by atoms with van der Waals surface area (Å²) in [6.45, 7) is 2.91. The molecule has 1 N–H and O–H groups in total. The zero-order valence-electron chi connectivity index (χ0n) is 13.8. The van der Waals surface area contributed by atoms with Crippen molar-refractivity contribution in [2.75, 3.05) is 6.61 Å². The third-order valence-corrected chi connectivity index (χ3v) is 4.54. The summed E-state index contributed by atoms with van der Waals surface area (Å²) in [7, 11) is 0. The van der Waals surface area contributed by atoms with E-state index in [-0.39, 0.29) is 0 Å². The van der Waals surface area contributed by atoms with E-state index in [1.165, 1.54) is 17.0 Å². The van der Waals surface area contributed by atoms with Gasteiger partial charge in [-0.15, -0.1) is 0 Å². The Kier molecular flexibility index (Phi) is 5.75. The van der Waals surface area contributed by atoms with Crippen molar-refractivity contribution >= 4 is 39.6 Å². The maximum absolute atomic E-state index is 8.73. The lowest BCUT2D eigenvalue weighted by Crippen LogP contribution is -2.02. The zero-order valence-corrected chi connectivity index (χ0v) is 15.9. The molecular formula is C20H18INO3. The second-order valence-electron chi connectivity index (χ2n) is 5.48. The van der Waals surface area contributed by atoms with Gasteiger partial charge in [0.1, 0.15) is 6.61 Å². The Morgan fingerprint density at radius 1 is 1.04 bits per heavy atom. The zero-order chi connectivity index (χ0) is 17.6. The maximum atomic E-state index is 8.73. The minimum absolute atomic E-state index is 0.453. The summed E-state index contributed by atoms with van der Waals surface area (Å²) in [4.78, 5) is 0. The van der Waals surface area contributed by atoms with Gasteiger partial charge in [-0.1, -0.05) is 41.6 Å². The summed E-state index contributed by atoms with van der Waals surface area (Å²) >= 11 is 2.20. The number of fused-ring (bicyclic) bond motifs is 1. The average molecular weight is 447 g/mol. The lowest BCUT2D eigenvalue weighted by Gasteiger charge is -2.15. The molecule has 3 aromatic rings. The minimum Gasteiger partial charge on any atom is -0.490 e. The van der Waals surface area contributed by atoms with E-state index in [1.54, 1.807) is 6.07 Å². The van der Waals surface area contributed by atoms with Crippen LogP contribution in [0.3, 0.4) is 0 Å². The van der Waals surface area contributed by atoms with E-state index in [0.29, 0.717) is 24.7 Å². The molecule has 25 heavy (non-hydrogen) atoms. The molecule has 4 nitrogen and oxygen atoms in total. The van der Waals surface area contributed by atoms with Gasteiger partial charge in [-0.25, -0.2) is 0 Å². The predicted molar refractivity (Wildman–Crippen MR) is 108 cm³/mol. The van der Waals surface area contributed by atoms with Crippen molar-refractivity contribution in [2.45, 2.75) is 13.5 Å². The molecule has 0 aromatic heterocycles. The van der Waals surface area contributed by atoms with Crippen molar-refractivity contribution in [3.05, 3.63) is 69.3 Å². The Bertz CT molecular complexity index is 909. The fourth-order valence-corrected chi connectivity index (χ4v) is 3.40. The minimum atomic E-state index is 0.453. The highest BCUT2D eigenvalue weighted by Gasteiger charge is 2.12. The Morgan fingerprint density at radius 2 is 1.84 bits per heavy atom. The third-order valence-electron chi connectivity index (χ3n) is 3.74. The summed E-state index contributed by atoms with van der Waals surface area (Å²) < 4.78 is 12.6. The molecule has 5 heteroatoms. The molecule has 0 amide bonds. The largest absolute Gasteiger partial charge is 0.490 e. The summed E-state index contributed by atoms with van der Waals surface area (Å²) in [5, 5.41) is 14.2. The van der Waals surface area contributed by atoms with Crippen LogP contribution in [-0.4, -0.2) is 18.0 Å². The van der Waals surface area contributed by atoms with Crippen molar-refractivity contribution in [1.82, 2.24) is 0 Å². The van der Waals surface area contributed by atoms with Crippen LogP contribution in [0.2, 0.25) is 0 Å². The van der Waals surface area contributed by atoms with Crippen molar-refractivity contribution in [2.24, 2.45) is 5.16 Å². The lowest BCUT2D eigenvalue weighted by atomic mass is 10.1. The SMILES string of the molecule is CCOc1cc(/C=N\O)cc(I)c1OCc1ccc2ccccc2c1. The second kappa shape index (κ2) is 8.20. The van der Waals surface area contributed by atoms with Crippen LogP contribution in [0.25, 0.3) is 10.8 Å². The highest BCUT2D eigenvalue weighted by Crippen LogP contribution is 2.34. The molecule has 0 saturated carbocycles. The fourth-order valence-electron chi connectivity index (χ4n) is 2.62. The van der Waals surface area contributed by atoms with Crippen LogP contribution in [0.4, 0.5) is 0 Å². The fraction of sp³-hybridized carbons (Fsp3) is 0.150. The van der Waals surface area contributed by atoms with E-state index >= 15 is 0 Å². The quantitative estimate of drug-likeness (QED) is 0.244. The number of oxime groups is 1. The smallest absolute Gasteiger partial charge is 0.175 e. The highest BCUT2D eigenvalue weighted by molar-refractivity contribution is 14.1. The van der Waals surface area contributed by atoms with Gasteiger partial charge in [0.15, 0.2) is 11.5 Å². The topological polar surface area (TPSA) is 51.0 Å². The van der Waals surface area contributed by atoms with Crippen LogP contribution in [-0.2, 0) is 6.61 Å². The number of hydrogen-bond acceptors (Lipinski definition) is 4. The molecule has 128 valence electrons. The molecule has 0 saturated heterocycles. The Morgan fingerprint density at radius 3 is 2.60 bits per heavy atom. The molecule has 0 unspecified atom stereocenters. The molecule has 0 aliphatic rings. The van der Waals surface area contributed by atoms with Crippen LogP contribution < -0.4 is 9.47 Å². The lowest BCUT2D eigenvalue weighted by molar-refractivity contribution is 0.267. The molecule has 0 heterocycles. The molecule has 0 fully saturated rings. The third kappa shape index (κ3) is 4.22. The predicted octanol–water partition coefficient (Wildman–Crippen LogP) is 5.23. The summed E-state index contributed by atoms with van der Waals surface area (Å²) in [5.74, 6) is 1.34. The summed E-state index contributed by atoms with van der Waals surface area (Å²) in [6, 6.07) is 18.3. The molecule has 0 radical (unpaired) electrons. The van der Waals surface area contributed by atoms with E-state index in [0.717, 1.165) is 14.7 Å². The standard InChI is InChI=1S/C20H18INO3/c1-2-24-19-11-15(12-22-23)10-18(21)20(19)25-13-14-7-8-16-5-3-4-6-17(16)9-14/h3-12,23H,2,13H2,1H3/b22-12-. The van der Waals surface area contributed by atoms with Gasteiger partial charge in [-0.05, 0) is 64.0 Å². The number of benzene rings is 3. The molecule has 0 aliphatic heterocycles. The van der Waals surface area contributed by atoms with Crippen LogP contribution in [0, 0.1) is 3.57 Å². The number of hydrogen-bond donors (Lipinski definition) is 1. The van der Waals surface area contributed by atoms with Gasteiger partial charge in [0.05, 0.1) is 16.4 Å². The van der Waals surface area contributed by atoms with E-state index in [4.69, 9.17) is 14.7 Å². The van der Waals surface area contributed by atoms with E-state index in [2.05, 4.69) is 58.1 Å². The second-order valence-corrected chi connectivity index (χ2v) is 6.64. The van der Waals surface area contributed by atoms with Gasteiger partial charge >= 0.3 is 0 Å². The molecule has 0 aliphatic carbocycles. The summed E-state index contributed by atoms with van der Waals surface area (Å²) in [5.41, 5.74) is 1.85. The van der Waals surface area contributed by atoms with Crippen LogP contribution >= 0.6 is 22.6 Å². The maximum Gasteiger partial charge on any atom is 0.175 e. The van der Waals surface area contributed by atoms with Crippen molar-refractivity contribution in [3.63, 3.8) is 0 Å². The molecule has 0 bridgehead atoms. The first-order valence-corrected chi connectivity index (χ1v) is 9.03.